The van der Waals surface area contributed by atoms with Gasteiger partial charge in [-0.25, -0.2) is 8.42 Å². The summed E-state index contributed by atoms with van der Waals surface area (Å²) in [5, 5.41) is 2.95. The molecule has 1 amide bonds. The lowest BCUT2D eigenvalue weighted by Crippen LogP contribution is -2.38. The van der Waals surface area contributed by atoms with E-state index >= 15 is 0 Å². The average molecular weight is 447 g/mol. The first-order valence-corrected chi connectivity index (χ1v) is 12.5. The second-order valence-corrected chi connectivity index (χ2v) is 10.0. The van der Waals surface area contributed by atoms with Crippen LogP contribution in [0.25, 0.3) is 0 Å². The number of benzene rings is 2. The van der Waals surface area contributed by atoms with Crippen molar-refractivity contribution in [3.63, 3.8) is 0 Å². The fraction of sp³-hybridized carbons (Fsp3) is 0.458. The van der Waals surface area contributed by atoms with Crippen molar-refractivity contribution in [1.82, 2.24) is 5.32 Å². The Morgan fingerprint density at radius 3 is 2.19 bits per heavy atom. The lowest BCUT2D eigenvalue weighted by Gasteiger charge is -2.19. The average Bonchev–Trinajstić information content (AvgIpc) is 2.74. The van der Waals surface area contributed by atoms with Crippen LogP contribution >= 0.6 is 0 Å². The number of hydrogen-bond acceptors (Lipinski definition) is 4. The van der Waals surface area contributed by atoms with Crippen molar-refractivity contribution in [2.24, 2.45) is 0 Å². The van der Waals surface area contributed by atoms with Gasteiger partial charge in [-0.1, -0.05) is 45.0 Å². The van der Waals surface area contributed by atoms with Crippen LogP contribution < -0.4 is 14.4 Å². The minimum absolute atomic E-state index is 0.144. The summed E-state index contributed by atoms with van der Waals surface area (Å²) in [5.41, 5.74) is 3.13. The van der Waals surface area contributed by atoms with E-state index in [1.807, 2.05) is 6.92 Å². The van der Waals surface area contributed by atoms with Crippen molar-refractivity contribution in [3.8, 4) is 5.75 Å². The van der Waals surface area contributed by atoms with Crippen LogP contribution in [0.15, 0.2) is 48.5 Å². The van der Waals surface area contributed by atoms with Gasteiger partial charge in [-0.05, 0) is 60.6 Å². The van der Waals surface area contributed by atoms with Crippen LogP contribution in [0.3, 0.4) is 0 Å². The van der Waals surface area contributed by atoms with Crippen LogP contribution in [0.5, 0.6) is 5.75 Å². The first kappa shape index (κ1) is 24.7. The Balaban J connectivity index is 1.82. The Morgan fingerprint density at radius 2 is 1.68 bits per heavy atom. The zero-order valence-corrected chi connectivity index (χ0v) is 19.9. The molecule has 31 heavy (non-hydrogen) atoms. The summed E-state index contributed by atoms with van der Waals surface area (Å²) in [4.78, 5) is 12.5. The van der Waals surface area contributed by atoms with Crippen molar-refractivity contribution in [2.75, 3.05) is 24.2 Å². The number of nitrogens with one attached hydrogen (secondary N) is 1. The van der Waals surface area contributed by atoms with Gasteiger partial charge >= 0.3 is 0 Å². The lowest BCUT2D eigenvalue weighted by atomic mass is 10.0. The molecule has 0 aliphatic carbocycles. The molecule has 7 heteroatoms. The first-order valence-electron chi connectivity index (χ1n) is 10.7. The molecule has 2 aromatic carbocycles. The second-order valence-electron chi connectivity index (χ2n) is 8.03. The molecule has 0 aliphatic rings. The molecule has 0 heterocycles. The zero-order valence-electron chi connectivity index (χ0n) is 19.1. The summed E-state index contributed by atoms with van der Waals surface area (Å²) >= 11 is 0. The molecule has 0 aromatic heterocycles. The molecule has 0 spiro atoms. The highest BCUT2D eigenvalue weighted by Crippen LogP contribution is 2.21. The molecule has 170 valence electrons. The van der Waals surface area contributed by atoms with E-state index in [1.165, 1.54) is 22.5 Å². The summed E-state index contributed by atoms with van der Waals surface area (Å²) < 4.78 is 30.3. The molecular weight excluding hydrogens is 412 g/mol. The molecule has 0 unspecified atom stereocenters. The predicted molar refractivity (Wildman–Crippen MR) is 126 cm³/mol. The number of ether oxygens (including phenoxy) is 1. The summed E-state index contributed by atoms with van der Waals surface area (Å²) in [6.07, 6.45) is 2.86. The third-order valence-electron chi connectivity index (χ3n) is 5.23. The van der Waals surface area contributed by atoms with Gasteiger partial charge in [0, 0.05) is 13.6 Å². The van der Waals surface area contributed by atoms with E-state index in [0.717, 1.165) is 19.1 Å². The van der Waals surface area contributed by atoms with Gasteiger partial charge < -0.3 is 10.1 Å². The number of carbonyl (C=O) groups excluding carboxylic acids is 1. The zero-order chi connectivity index (χ0) is 23.0. The van der Waals surface area contributed by atoms with E-state index in [0.29, 0.717) is 30.3 Å². The Labute approximate surface area is 186 Å². The van der Waals surface area contributed by atoms with Crippen LogP contribution in [-0.2, 0) is 21.2 Å². The van der Waals surface area contributed by atoms with Gasteiger partial charge in [0.15, 0.2) is 6.10 Å². The number of amides is 1. The number of sulfonamides is 1. The molecule has 0 saturated carbocycles. The van der Waals surface area contributed by atoms with Gasteiger partial charge in [-0.15, -0.1) is 0 Å². The standard InChI is InChI=1S/C24H34N2O4S/c1-6-23(30-22-15-13-21(14-16-22)26(4)31(5,28)29)24(27)25-17-7-8-19-9-11-20(12-10-19)18(2)3/h9-16,18,23H,6-8,17H2,1-5H3,(H,25,27)/t23-/m1/s1. The first-order chi connectivity index (χ1) is 14.6. The minimum atomic E-state index is -3.32. The fourth-order valence-corrected chi connectivity index (χ4v) is 3.60. The highest BCUT2D eigenvalue weighted by Gasteiger charge is 2.18. The normalized spacial score (nSPS) is 12.5. The van der Waals surface area contributed by atoms with E-state index in [1.54, 1.807) is 24.3 Å². The monoisotopic (exact) mass is 446 g/mol. The summed E-state index contributed by atoms with van der Waals surface area (Å²) in [6.45, 7) is 6.84. The molecule has 1 N–H and O–H groups in total. The Hall–Kier alpha value is -2.54. The van der Waals surface area contributed by atoms with Gasteiger partial charge in [-0.2, -0.15) is 0 Å². The Kier molecular flexibility index (Phi) is 8.92. The maximum Gasteiger partial charge on any atom is 0.261 e. The number of anilines is 1. The molecule has 0 aliphatic heterocycles. The number of aryl methyl sites for hydroxylation is 1. The molecule has 0 radical (unpaired) electrons. The molecule has 6 nitrogen and oxygen atoms in total. The van der Waals surface area contributed by atoms with Gasteiger partial charge in [-0.3, -0.25) is 9.10 Å². The van der Waals surface area contributed by atoms with Crippen molar-refractivity contribution >= 4 is 21.6 Å². The molecule has 2 aromatic rings. The van der Waals surface area contributed by atoms with Crippen LogP contribution in [0.1, 0.15) is 50.7 Å². The van der Waals surface area contributed by atoms with Gasteiger partial charge in [0.05, 0.1) is 11.9 Å². The summed E-state index contributed by atoms with van der Waals surface area (Å²) in [5.74, 6) is 0.906. The van der Waals surface area contributed by atoms with Crippen LogP contribution in [0, 0.1) is 0 Å². The van der Waals surface area contributed by atoms with E-state index in [4.69, 9.17) is 4.74 Å². The fourth-order valence-electron chi connectivity index (χ4n) is 3.10. The van der Waals surface area contributed by atoms with E-state index < -0.39 is 16.1 Å². The lowest BCUT2D eigenvalue weighted by molar-refractivity contribution is -0.128. The number of nitrogens with zero attached hydrogens (tertiary/aromatic N) is 1. The third kappa shape index (κ3) is 7.58. The molecule has 0 bridgehead atoms. The Bertz CT molecular complexity index is 939. The minimum Gasteiger partial charge on any atom is -0.481 e. The second kappa shape index (κ2) is 11.2. The molecule has 0 saturated heterocycles. The Morgan fingerprint density at radius 1 is 1.06 bits per heavy atom. The maximum absolute atomic E-state index is 12.5. The number of rotatable bonds is 11. The quantitative estimate of drug-likeness (QED) is 0.527. The molecular formula is C24H34N2O4S. The van der Waals surface area contributed by atoms with Gasteiger partial charge in [0.25, 0.3) is 5.91 Å². The summed E-state index contributed by atoms with van der Waals surface area (Å²) in [7, 11) is -1.83. The van der Waals surface area contributed by atoms with Crippen LogP contribution in [0.2, 0.25) is 0 Å². The third-order valence-corrected chi connectivity index (χ3v) is 6.43. The predicted octanol–water partition coefficient (Wildman–Crippen LogP) is 4.11. The van der Waals surface area contributed by atoms with Crippen LogP contribution in [-0.4, -0.2) is 40.3 Å². The highest BCUT2D eigenvalue weighted by atomic mass is 32.2. The van der Waals surface area contributed by atoms with Crippen LogP contribution in [0.4, 0.5) is 5.69 Å². The number of hydrogen-bond donors (Lipinski definition) is 1. The summed E-state index contributed by atoms with van der Waals surface area (Å²) in [6, 6.07) is 15.3. The van der Waals surface area contributed by atoms with Crippen molar-refractivity contribution in [1.29, 1.82) is 0 Å². The van der Waals surface area contributed by atoms with Gasteiger partial charge in [0.2, 0.25) is 10.0 Å². The SMILES string of the molecule is CC[C@@H](Oc1ccc(N(C)S(C)(=O)=O)cc1)C(=O)NCCCc1ccc(C(C)C)cc1. The van der Waals surface area contributed by atoms with Gasteiger partial charge in [0.1, 0.15) is 5.75 Å². The smallest absolute Gasteiger partial charge is 0.261 e. The largest absolute Gasteiger partial charge is 0.481 e. The topological polar surface area (TPSA) is 75.7 Å². The van der Waals surface area contributed by atoms with E-state index in [9.17, 15) is 13.2 Å². The van der Waals surface area contributed by atoms with Crippen molar-refractivity contribution in [3.05, 3.63) is 59.7 Å². The van der Waals surface area contributed by atoms with Crippen molar-refractivity contribution in [2.45, 2.75) is 52.1 Å². The van der Waals surface area contributed by atoms with Crippen molar-refractivity contribution < 1.29 is 17.9 Å². The highest BCUT2D eigenvalue weighted by molar-refractivity contribution is 7.92. The molecule has 2 rings (SSSR count). The molecule has 1 atom stereocenters. The van der Waals surface area contributed by atoms with E-state index in [2.05, 4.69) is 43.4 Å². The van der Waals surface area contributed by atoms with E-state index in [-0.39, 0.29) is 5.91 Å². The number of carbonyl (C=O) groups is 1. The molecule has 0 fully saturated rings. The maximum atomic E-state index is 12.5.